The third-order valence-corrected chi connectivity index (χ3v) is 3.79. The van der Waals surface area contributed by atoms with Gasteiger partial charge in [-0.25, -0.2) is 0 Å². The summed E-state index contributed by atoms with van der Waals surface area (Å²) < 4.78 is 5.09. The summed E-state index contributed by atoms with van der Waals surface area (Å²) in [5, 5.41) is 10.4. The van der Waals surface area contributed by atoms with Gasteiger partial charge in [-0.1, -0.05) is 0 Å². The SMILES string of the molecule is COCC(C)N=CC(C)=C(NC=N)N1CCN(C)C(C)C1. The van der Waals surface area contributed by atoms with Gasteiger partial charge in [0.1, 0.15) is 5.82 Å². The lowest BCUT2D eigenvalue weighted by atomic mass is 10.2. The van der Waals surface area contributed by atoms with Gasteiger partial charge in [-0.15, -0.1) is 0 Å². The van der Waals surface area contributed by atoms with Gasteiger partial charge < -0.3 is 19.9 Å². The van der Waals surface area contributed by atoms with Crippen molar-refractivity contribution in [2.75, 3.05) is 40.4 Å². The predicted molar refractivity (Wildman–Crippen MR) is 88.1 cm³/mol. The fraction of sp³-hybridized carbons (Fsp3) is 0.733. The van der Waals surface area contributed by atoms with Crippen molar-refractivity contribution in [3.63, 3.8) is 0 Å². The summed E-state index contributed by atoms with van der Waals surface area (Å²) in [5.41, 5.74) is 1.04. The highest BCUT2D eigenvalue weighted by atomic mass is 16.5. The maximum absolute atomic E-state index is 7.35. The molecule has 2 atom stereocenters. The number of methoxy groups -OCH3 is 1. The Kier molecular flexibility index (Phi) is 7.39. The van der Waals surface area contributed by atoms with Crippen LogP contribution in [0.25, 0.3) is 0 Å². The van der Waals surface area contributed by atoms with Crippen LogP contribution in [0.3, 0.4) is 0 Å². The van der Waals surface area contributed by atoms with Crippen molar-refractivity contribution in [2.24, 2.45) is 4.99 Å². The molecule has 0 aromatic rings. The zero-order chi connectivity index (χ0) is 15.8. The van der Waals surface area contributed by atoms with E-state index in [9.17, 15) is 0 Å². The third-order valence-electron chi connectivity index (χ3n) is 3.79. The highest BCUT2D eigenvalue weighted by molar-refractivity contribution is 5.79. The maximum atomic E-state index is 7.35. The molecule has 0 bridgehead atoms. The van der Waals surface area contributed by atoms with E-state index in [0.29, 0.717) is 12.6 Å². The second kappa shape index (κ2) is 8.79. The van der Waals surface area contributed by atoms with Crippen LogP contribution in [-0.4, -0.2) is 74.8 Å². The molecule has 1 aliphatic heterocycles. The van der Waals surface area contributed by atoms with E-state index in [1.807, 2.05) is 20.1 Å². The molecule has 6 heteroatoms. The molecule has 1 fully saturated rings. The van der Waals surface area contributed by atoms with Crippen LogP contribution in [0.1, 0.15) is 20.8 Å². The van der Waals surface area contributed by atoms with E-state index in [2.05, 4.69) is 34.1 Å². The molecule has 0 aliphatic carbocycles. The van der Waals surface area contributed by atoms with Gasteiger partial charge in [0.15, 0.2) is 0 Å². The molecule has 2 unspecified atom stereocenters. The Bertz CT molecular complexity index is 394. The summed E-state index contributed by atoms with van der Waals surface area (Å²) >= 11 is 0. The van der Waals surface area contributed by atoms with Crippen molar-refractivity contribution in [1.29, 1.82) is 5.41 Å². The first kappa shape index (κ1) is 17.7. The van der Waals surface area contributed by atoms with Crippen molar-refractivity contribution in [3.05, 3.63) is 11.4 Å². The number of hydrogen-bond donors (Lipinski definition) is 2. The van der Waals surface area contributed by atoms with E-state index in [4.69, 9.17) is 10.1 Å². The standard InChI is InChI=1S/C15H29N5O/c1-12(8-17-13(2)10-21-5)15(18-11-16)20-7-6-19(4)14(3)9-20/h8,11,13-14H,6-7,9-10H2,1-5H3,(H2,16,18). The fourth-order valence-corrected chi connectivity index (χ4v) is 2.36. The van der Waals surface area contributed by atoms with E-state index in [1.165, 1.54) is 6.34 Å². The number of allylic oxidation sites excluding steroid dienone is 1. The quantitative estimate of drug-likeness (QED) is 0.546. The van der Waals surface area contributed by atoms with Gasteiger partial charge in [0, 0.05) is 44.6 Å². The number of nitrogens with one attached hydrogen (secondary N) is 2. The minimum atomic E-state index is 0.137. The average molecular weight is 295 g/mol. The summed E-state index contributed by atoms with van der Waals surface area (Å²) in [4.78, 5) is 9.13. The number of ether oxygens (including phenoxy) is 1. The first-order chi connectivity index (χ1) is 9.99. The van der Waals surface area contributed by atoms with Gasteiger partial charge in [0.25, 0.3) is 0 Å². The summed E-state index contributed by atoms with van der Waals surface area (Å²) in [6, 6.07) is 0.635. The zero-order valence-electron chi connectivity index (χ0n) is 13.9. The fourth-order valence-electron chi connectivity index (χ4n) is 2.36. The number of piperazine rings is 1. The molecule has 0 amide bonds. The van der Waals surface area contributed by atoms with Gasteiger partial charge in [-0.3, -0.25) is 10.4 Å². The molecule has 21 heavy (non-hydrogen) atoms. The molecule has 1 aliphatic rings. The van der Waals surface area contributed by atoms with Crippen LogP contribution < -0.4 is 5.32 Å². The first-order valence-electron chi connectivity index (χ1n) is 7.43. The molecule has 120 valence electrons. The number of likely N-dealkylation sites (N-methyl/N-ethyl adjacent to an activating group) is 1. The minimum Gasteiger partial charge on any atom is -0.382 e. The second-order valence-electron chi connectivity index (χ2n) is 5.68. The number of hydrogen-bond acceptors (Lipinski definition) is 5. The van der Waals surface area contributed by atoms with E-state index >= 15 is 0 Å². The van der Waals surface area contributed by atoms with Crippen LogP contribution in [-0.2, 0) is 4.74 Å². The van der Waals surface area contributed by atoms with Gasteiger partial charge >= 0.3 is 0 Å². The monoisotopic (exact) mass is 295 g/mol. The number of rotatable bonds is 7. The Morgan fingerprint density at radius 1 is 1.52 bits per heavy atom. The molecular formula is C15H29N5O. The maximum Gasteiger partial charge on any atom is 0.111 e. The van der Waals surface area contributed by atoms with Crippen LogP contribution in [0.15, 0.2) is 16.4 Å². The molecule has 0 spiro atoms. The highest BCUT2D eigenvalue weighted by Crippen LogP contribution is 2.13. The predicted octanol–water partition coefficient (Wildman–Crippen LogP) is 1.16. The van der Waals surface area contributed by atoms with Gasteiger partial charge in [-0.2, -0.15) is 0 Å². The normalized spacial score (nSPS) is 23.1. The summed E-state index contributed by atoms with van der Waals surface area (Å²) in [6.45, 7) is 9.81. The minimum absolute atomic E-state index is 0.137. The first-order valence-corrected chi connectivity index (χ1v) is 7.43. The lowest BCUT2D eigenvalue weighted by molar-refractivity contribution is 0.126. The molecule has 0 saturated carbocycles. The Labute approximate surface area is 128 Å². The number of nitrogens with zero attached hydrogens (tertiary/aromatic N) is 3. The largest absolute Gasteiger partial charge is 0.382 e. The lowest BCUT2D eigenvalue weighted by Gasteiger charge is -2.40. The van der Waals surface area contributed by atoms with Crippen LogP contribution in [0, 0.1) is 5.41 Å². The Balaban J connectivity index is 2.83. The Hall–Kier alpha value is -1.40. The van der Waals surface area contributed by atoms with Gasteiger partial charge in [-0.05, 0) is 27.8 Å². The lowest BCUT2D eigenvalue weighted by Crippen LogP contribution is -2.51. The summed E-state index contributed by atoms with van der Waals surface area (Å²) in [6.07, 6.45) is 3.10. The van der Waals surface area contributed by atoms with E-state index < -0.39 is 0 Å². The van der Waals surface area contributed by atoms with Crippen LogP contribution in [0.4, 0.5) is 0 Å². The molecule has 0 radical (unpaired) electrons. The smallest absolute Gasteiger partial charge is 0.111 e. The third kappa shape index (κ3) is 5.47. The van der Waals surface area contributed by atoms with Crippen molar-refractivity contribution >= 4 is 12.6 Å². The molecule has 1 saturated heterocycles. The van der Waals surface area contributed by atoms with Gasteiger partial charge in [0.2, 0.25) is 0 Å². The molecule has 0 aromatic heterocycles. The van der Waals surface area contributed by atoms with Crippen molar-refractivity contribution in [3.8, 4) is 0 Å². The van der Waals surface area contributed by atoms with E-state index in [1.54, 1.807) is 7.11 Å². The highest BCUT2D eigenvalue weighted by Gasteiger charge is 2.22. The van der Waals surface area contributed by atoms with Crippen LogP contribution in [0.2, 0.25) is 0 Å². The van der Waals surface area contributed by atoms with Crippen LogP contribution in [0.5, 0.6) is 0 Å². The topological polar surface area (TPSA) is 64.0 Å². The van der Waals surface area contributed by atoms with Crippen molar-refractivity contribution in [2.45, 2.75) is 32.9 Å². The van der Waals surface area contributed by atoms with Crippen molar-refractivity contribution in [1.82, 2.24) is 15.1 Å². The number of aliphatic imine (C=N–C) groups is 1. The second-order valence-corrected chi connectivity index (χ2v) is 5.68. The molecule has 1 heterocycles. The molecule has 0 aromatic carbocycles. The zero-order valence-corrected chi connectivity index (χ0v) is 13.9. The van der Waals surface area contributed by atoms with Crippen LogP contribution >= 0.6 is 0 Å². The summed E-state index contributed by atoms with van der Waals surface area (Å²) in [5.74, 6) is 0.971. The summed E-state index contributed by atoms with van der Waals surface area (Å²) in [7, 11) is 3.83. The molecule has 1 rings (SSSR count). The van der Waals surface area contributed by atoms with E-state index in [-0.39, 0.29) is 6.04 Å². The Morgan fingerprint density at radius 3 is 2.81 bits per heavy atom. The van der Waals surface area contributed by atoms with E-state index in [0.717, 1.165) is 31.0 Å². The van der Waals surface area contributed by atoms with Gasteiger partial charge in [0.05, 0.1) is 19.0 Å². The Morgan fingerprint density at radius 2 is 2.24 bits per heavy atom. The molecular weight excluding hydrogens is 266 g/mol. The molecule has 6 nitrogen and oxygen atoms in total. The molecule has 2 N–H and O–H groups in total. The van der Waals surface area contributed by atoms with Crippen molar-refractivity contribution < 1.29 is 4.74 Å². The average Bonchev–Trinajstić information content (AvgIpc) is 2.45.